The minimum atomic E-state index is -0.819. The molecule has 3 amide bonds. The molecule has 1 heterocycles. The summed E-state index contributed by atoms with van der Waals surface area (Å²) >= 11 is 1.72. The lowest BCUT2D eigenvalue weighted by atomic mass is 9.84. The Morgan fingerprint density at radius 2 is 1.88 bits per heavy atom. The number of thiophene rings is 1. The number of amides is 3. The van der Waals surface area contributed by atoms with Crippen LogP contribution in [0.4, 0.5) is 0 Å². The first-order valence-corrected chi connectivity index (χ1v) is 9.31. The van der Waals surface area contributed by atoms with Crippen LogP contribution in [0.3, 0.4) is 0 Å². The van der Waals surface area contributed by atoms with Crippen molar-refractivity contribution in [2.24, 2.45) is 0 Å². The van der Waals surface area contributed by atoms with E-state index in [1.165, 1.54) is 12.0 Å². The molecule has 0 radical (unpaired) electrons. The highest BCUT2D eigenvalue weighted by Gasteiger charge is 2.36. The van der Waals surface area contributed by atoms with E-state index in [1.54, 1.807) is 11.3 Å². The Balaban J connectivity index is 1.75. The molecule has 1 aliphatic carbocycles. The number of rotatable bonds is 8. The average Bonchev–Trinajstić information content (AvgIpc) is 3.30. The third-order valence-corrected chi connectivity index (χ3v) is 5.55. The smallest absolute Gasteiger partial charge is 0.309 e. The topological polar surface area (TPSA) is 96.5 Å². The van der Waals surface area contributed by atoms with E-state index in [9.17, 15) is 14.4 Å². The van der Waals surface area contributed by atoms with Crippen LogP contribution in [0.15, 0.2) is 17.5 Å². The highest BCUT2D eigenvalue weighted by Crippen LogP contribution is 2.42. The minimum absolute atomic E-state index is 0.00532. The predicted molar refractivity (Wildman–Crippen MR) is 95.4 cm³/mol. The minimum Gasteiger partial charge on any atom is -0.383 e. The van der Waals surface area contributed by atoms with Crippen molar-refractivity contribution in [3.63, 3.8) is 0 Å². The molecular weight excluding hydrogens is 342 g/mol. The van der Waals surface area contributed by atoms with Gasteiger partial charge >= 0.3 is 11.8 Å². The molecule has 0 atom stereocenters. The summed E-state index contributed by atoms with van der Waals surface area (Å²) in [5.41, 5.74) is 0.00532. The van der Waals surface area contributed by atoms with Crippen molar-refractivity contribution < 1.29 is 19.1 Å². The molecule has 0 aromatic carbocycles. The fourth-order valence-electron chi connectivity index (χ4n) is 3.06. The van der Waals surface area contributed by atoms with Gasteiger partial charge in [-0.05, 0) is 24.3 Å². The molecule has 3 N–H and O–H groups in total. The lowest BCUT2D eigenvalue weighted by Gasteiger charge is -2.28. The van der Waals surface area contributed by atoms with Crippen molar-refractivity contribution in [1.82, 2.24) is 16.0 Å². The average molecular weight is 367 g/mol. The molecule has 1 saturated carbocycles. The van der Waals surface area contributed by atoms with Gasteiger partial charge in [0.1, 0.15) is 0 Å². The van der Waals surface area contributed by atoms with Crippen molar-refractivity contribution in [1.29, 1.82) is 0 Å². The van der Waals surface area contributed by atoms with Gasteiger partial charge in [0, 0.05) is 30.5 Å². The largest absolute Gasteiger partial charge is 0.383 e. The Morgan fingerprint density at radius 1 is 1.16 bits per heavy atom. The van der Waals surface area contributed by atoms with Gasteiger partial charge in [-0.15, -0.1) is 11.3 Å². The molecule has 0 aliphatic heterocycles. The molecule has 7 nitrogen and oxygen atoms in total. The third-order valence-electron chi connectivity index (χ3n) is 4.44. The van der Waals surface area contributed by atoms with E-state index in [0.717, 1.165) is 25.7 Å². The van der Waals surface area contributed by atoms with Crippen LogP contribution < -0.4 is 16.0 Å². The number of ether oxygens (including phenoxy) is 1. The quantitative estimate of drug-likeness (QED) is 0.462. The second-order valence-corrected chi connectivity index (χ2v) is 7.12. The van der Waals surface area contributed by atoms with E-state index >= 15 is 0 Å². The van der Waals surface area contributed by atoms with Gasteiger partial charge in [0.05, 0.1) is 13.2 Å². The van der Waals surface area contributed by atoms with Gasteiger partial charge in [0.2, 0.25) is 5.91 Å². The first-order valence-electron chi connectivity index (χ1n) is 8.43. The summed E-state index contributed by atoms with van der Waals surface area (Å²) in [7, 11) is 1.50. The summed E-state index contributed by atoms with van der Waals surface area (Å²) in [6, 6.07) is 4.15. The van der Waals surface area contributed by atoms with Crippen LogP contribution in [-0.2, 0) is 24.5 Å². The SMILES string of the molecule is COCCNC(=O)C(=O)NCC(=O)NCC1(c2cccs2)CCCC1. The Morgan fingerprint density at radius 3 is 2.52 bits per heavy atom. The number of hydrogen-bond donors (Lipinski definition) is 3. The van der Waals surface area contributed by atoms with Crippen LogP contribution >= 0.6 is 11.3 Å². The summed E-state index contributed by atoms with van der Waals surface area (Å²) in [6.07, 6.45) is 4.43. The number of hydrogen-bond acceptors (Lipinski definition) is 5. The lowest BCUT2D eigenvalue weighted by molar-refractivity contribution is -0.139. The highest BCUT2D eigenvalue weighted by molar-refractivity contribution is 7.10. The fraction of sp³-hybridized carbons (Fsp3) is 0.588. The summed E-state index contributed by atoms with van der Waals surface area (Å²) in [5, 5.41) is 9.69. The highest BCUT2D eigenvalue weighted by atomic mass is 32.1. The van der Waals surface area contributed by atoms with Crippen LogP contribution in [0.5, 0.6) is 0 Å². The first-order chi connectivity index (χ1) is 12.1. The summed E-state index contributed by atoms with van der Waals surface area (Å²) in [6.45, 7) is 0.919. The van der Waals surface area contributed by atoms with Crippen molar-refractivity contribution in [3.8, 4) is 0 Å². The Kier molecular flexibility index (Phi) is 7.39. The first kappa shape index (κ1) is 19.4. The van der Waals surface area contributed by atoms with Crippen molar-refractivity contribution in [2.45, 2.75) is 31.1 Å². The Hall–Kier alpha value is -1.93. The van der Waals surface area contributed by atoms with Crippen molar-refractivity contribution in [3.05, 3.63) is 22.4 Å². The lowest BCUT2D eigenvalue weighted by Crippen LogP contribution is -2.46. The number of methoxy groups -OCH3 is 1. The standard InChI is InChI=1S/C17H25N3O4S/c1-24-9-8-18-15(22)16(23)19-11-14(21)20-12-17(6-2-3-7-17)13-5-4-10-25-13/h4-5,10H,2-3,6-9,11-12H2,1H3,(H,18,22)(H,19,23)(H,20,21). The summed E-state index contributed by atoms with van der Waals surface area (Å²) < 4.78 is 4.78. The molecule has 1 aromatic heterocycles. The summed E-state index contributed by atoms with van der Waals surface area (Å²) in [5.74, 6) is -1.88. The van der Waals surface area contributed by atoms with E-state index in [-0.39, 0.29) is 24.4 Å². The zero-order valence-electron chi connectivity index (χ0n) is 14.4. The molecule has 8 heteroatoms. The molecule has 2 rings (SSSR count). The summed E-state index contributed by atoms with van der Waals surface area (Å²) in [4.78, 5) is 36.4. The van der Waals surface area contributed by atoms with E-state index in [2.05, 4.69) is 27.4 Å². The zero-order valence-corrected chi connectivity index (χ0v) is 15.2. The molecule has 0 unspecified atom stereocenters. The van der Waals surface area contributed by atoms with Crippen LogP contribution in [0.25, 0.3) is 0 Å². The van der Waals surface area contributed by atoms with Crippen molar-refractivity contribution >= 4 is 29.1 Å². The van der Waals surface area contributed by atoms with E-state index in [1.807, 2.05) is 6.07 Å². The van der Waals surface area contributed by atoms with E-state index in [0.29, 0.717) is 13.2 Å². The second-order valence-electron chi connectivity index (χ2n) is 6.17. The molecule has 0 bridgehead atoms. The third kappa shape index (κ3) is 5.54. The zero-order chi connectivity index (χ0) is 18.1. The number of carbonyl (C=O) groups excluding carboxylic acids is 3. The molecule has 1 aliphatic rings. The van der Waals surface area contributed by atoms with Crippen LogP contribution in [-0.4, -0.2) is 51.1 Å². The normalized spacial score (nSPS) is 15.6. The van der Waals surface area contributed by atoms with Gasteiger partial charge in [0.25, 0.3) is 0 Å². The maximum absolute atomic E-state index is 12.0. The van der Waals surface area contributed by atoms with E-state index < -0.39 is 11.8 Å². The Labute approximate surface area is 151 Å². The maximum Gasteiger partial charge on any atom is 0.309 e. The van der Waals surface area contributed by atoms with Crippen LogP contribution in [0, 0.1) is 0 Å². The van der Waals surface area contributed by atoms with Crippen molar-refractivity contribution in [2.75, 3.05) is 33.4 Å². The van der Waals surface area contributed by atoms with E-state index in [4.69, 9.17) is 4.74 Å². The monoisotopic (exact) mass is 367 g/mol. The predicted octanol–water partition coefficient (Wildman–Crippen LogP) is 0.555. The molecule has 25 heavy (non-hydrogen) atoms. The van der Waals surface area contributed by atoms with Crippen LogP contribution in [0.1, 0.15) is 30.6 Å². The second kappa shape index (κ2) is 9.53. The fourth-order valence-corrected chi connectivity index (χ4v) is 4.05. The van der Waals surface area contributed by atoms with Gasteiger partial charge in [0.15, 0.2) is 0 Å². The Bertz CT molecular complexity index is 583. The van der Waals surface area contributed by atoms with Gasteiger partial charge in [-0.3, -0.25) is 14.4 Å². The van der Waals surface area contributed by atoms with Gasteiger partial charge in [-0.25, -0.2) is 0 Å². The molecule has 1 aromatic rings. The molecule has 0 saturated heterocycles. The molecule has 138 valence electrons. The molecule has 1 fully saturated rings. The molecule has 0 spiro atoms. The van der Waals surface area contributed by atoms with Gasteiger partial charge in [-0.1, -0.05) is 18.9 Å². The van der Waals surface area contributed by atoms with Gasteiger partial charge < -0.3 is 20.7 Å². The maximum atomic E-state index is 12.0. The number of carbonyl (C=O) groups is 3. The molecular formula is C17H25N3O4S. The number of nitrogens with one attached hydrogen (secondary N) is 3. The van der Waals surface area contributed by atoms with Crippen LogP contribution in [0.2, 0.25) is 0 Å². The van der Waals surface area contributed by atoms with Gasteiger partial charge in [-0.2, -0.15) is 0 Å².